The van der Waals surface area contributed by atoms with Gasteiger partial charge in [-0.15, -0.1) is 0 Å². The lowest BCUT2D eigenvalue weighted by Gasteiger charge is -2.35. The first-order chi connectivity index (χ1) is 12.8. The van der Waals surface area contributed by atoms with E-state index in [9.17, 15) is 43.2 Å². The molecule has 0 amide bonds. The van der Waals surface area contributed by atoms with Gasteiger partial charge >= 0.3 is 11.0 Å². The number of sulfonamides is 2. The van der Waals surface area contributed by atoms with E-state index in [4.69, 9.17) is 0 Å². The van der Waals surface area contributed by atoms with Gasteiger partial charge < -0.3 is 8.61 Å². The summed E-state index contributed by atoms with van der Waals surface area (Å²) in [7, 11) is -8.97. The predicted molar refractivity (Wildman–Crippen MR) is 95.3 cm³/mol. The summed E-state index contributed by atoms with van der Waals surface area (Å²) in [4.78, 5) is 0. The lowest BCUT2D eigenvalue weighted by atomic mass is 10.0. The second kappa shape index (κ2) is 9.45. The summed E-state index contributed by atoms with van der Waals surface area (Å²) in [5.41, 5.74) is -11.1. The molecular formula is C15H20F6N2O4S2. The summed E-state index contributed by atoms with van der Waals surface area (Å²) in [5, 5.41) is 0. The third kappa shape index (κ3) is 7.60. The Morgan fingerprint density at radius 1 is 0.966 bits per heavy atom. The van der Waals surface area contributed by atoms with Crippen LogP contribution < -0.4 is 0 Å². The Morgan fingerprint density at radius 3 is 1.62 bits per heavy atom. The molecule has 1 aromatic rings. The summed E-state index contributed by atoms with van der Waals surface area (Å²) in [6.45, 7) is 7.25. The molecule has 0 saturated carbocycles. The first-order valence-corrected chi connectivity index (χ1v) is 10.6. The molecule has 0 saturated heterocycles. The van der Waals surface area contributed by atoms with Crippen LogP contribution in [-0.4, -0.2) is 53.0 Å². The Morgan fingerprint density at radius 2 is 1.34 bits per heavy atom. The monoisotopic (exact) mass is 470 g/mol. The molecule has 0 aromatic heterocycles. The zero-order chi connectivity index (χ0) is 23.3. The van der Waals surface area contributed by atoms with Crippen molar-refractivity contribution in [2.24, 2.45) is 0 Å². The molecule has 1 atom stereocenters. The standard InChI is InChI=1S/C13H20N.C2F6NO4S2/c1-5-13(14(3,4)6-2)12-10-8-7-9-11-12;3-1(4,5)14(10,11)9-15(12,13)2(6,7)8/h5,7-11,13H,1,6H2,2-4H3;/q+1;-1. The summed E-state index contributed by atoms with van der Waals surface area (Å²) in [5.74, 6) is 0. The predicted octanol–water partition coefficient (Wildman–Crippen LogP) is 4.07. The molecule has 1 aromatic carbocycles. The van der Waals surface area contributed by atoms with Gasteiger partial charge in [0.25, 0.3) is 0 Å². The molecular weight excluding hydrogens is 450 g/mol. The molecule has 0 radical (unpaired) electrons. The molecule has 0 bridgehead atoms. The van der Waals surface area contributed by atoms with Crippen molar-refractivity contribution in [1.29, 1.82) is 0 Å². The first-order valence-electron chi connectivity index (χ1n) is 7.69. The van der Waals surface area contributed by atoms with E-state index in [2.05, 4.69) is 57.9 Å². The second-order valence-electron chi connectivity index (χ2n) is 6.10. The Kier molecular flexibility index (Phi) is 8.91. The van der Waals surface area contributed by atoms with E-state index in [1.165, 1.54) is 5.56 Å². The maximum Gasteiger partial charge on any atom is 0.480 e. The van der Waals surface area contributed by atoms with Crippen molar-refractivity contribution in [3.63, 3.8) is 0 Å². The molecule has 29 heavy (non-hydrogen) atoms. The third-order valence-electron chi connectivity index (χ3n) is 3.71. The largest absolute Gasteiger partial charge is 0.480 e. The highest BCUT2D eigenvalue weighted by Gasteiger charge is 2.46. The number of hydrogen-bond donors (Lipinski definition) is 0. The molecule has 0 N–H and O–H groups in total. The molecule has 0 spiro atoms. The summed E-state index contributed by atoms with van der Waals surface area (Å²) >= 11 is 0. The topological polar surface area (TPSA) is 82.4 Å². The number of hydrogen-bond acceptors (Lipinski definition) is 4. The number of halogens is 6. The molecule has 0 fully saturated rings. The number of rotatable bonds is 6. The minimum atomic E-state index is -6.72. The molecule has 1 unspecified atom stereocenters. The SMILES string of the molecule is C=CC(c1ccccc1)[N+](C)(C)CC.O=S(=O)([N-]S(=O)(=O)C(F)(F)F)C(F)(F)F. The van der Waals surface area contributed by atoms with Crippen LogP contribution in [0.2, 0.25) is 0 Å². The van der Waals surface area contributed by atoms with Gasteiger partial charge in [-0.05, 0) is 13.0 Å². The van der Waals surface area contributed by atoms with Crippen LogP contribution in [0.3, 0.4) is 0 Å². The fourth-order valence-electron chi connectivity index (χ4n) is 1.89. The lowest BCUT2D eigenvalue weighted by Crippen LogP contribution is -2.41. The lowest BCUT2D eigenvalue weighted by molar-refractivity contribution is -0.912. The van der Waals surface area contributed by atoms with E-state index in [-0.39, 0.29) is 0 Å². The summed E-state index contributed by atoms with van der Waals surface area (Å²) < 4.78 is 110. The normalized spacial score (nSPS) is 14.5. The van der Waals surface area contributed by atoms with Crippen LogP contribution in [-0.2, 0) is 20.0 Å². The van der Waals surface area contributed by atoms with E-state index in [1.807, 2.05) is 6.08 Å². The van der Waals surface area contributed by atoms with E-state index >= 15 is 0 Å². The number of likely N-dealkylation sites (N-methyl/N-ethyl adjacent to an activating group) is 1. The van der Waals surface area contributed by atoms with E-state index < -0.39 is 31.1 Å². The Balaban J connectivity index is 0.000000541. The van der Waals surface area contributed by atoms with Crippen molar-refractivity contribution in [2.45, 2.75) is 24.0 Å². The van der Waals surface area contributed by atoms with Crippen LogP contribution in [0.4, 0.5) is 26.3 Å². The smallest absolute Gasteiger partial charge is 0.421 e. The maximum atomic E-state index is 11.4. The molecule has 1 rings (SSSR count). The molecule has 168 valence electrons. The van der Waals surface area contributed by atoms with Gasteiger partial charge in [-0.2, -0.15) is 26.3 Å². The second-order valence-corrected chi connectivity index (χ2v) is 9.52. The Hall–Kier alpha value is -1.64. The van der Waals surface area contributed by atoms with Crippen LogP contribution in [0.5, 0.6) is 0 Å². The summed E-state index contributed by atoms with van der Waals surface area (Å²) in [6, 6.07) is 10.9. The Bertz CT molecular complexity index is 838. The maximum absolute atomic E-state index is 11.4. The first kappa shape index (κ1) is 27.4. The average Bonchev–Trinajstić information content (AvgIpc) is 2.54. The van der Waals surface area contributed by atoms with Crippen molar-refractivity contribution in [1.82, 2.24) is 0 Å². The Labute approximate surface area is 165 Å². The van der Waals surface area contributed by atoms with Crippen molar-refractivity contribution >= 4 is 20.0 Å². The fourth-order valence-corrected chi connectivity index (χ4v) is 3.60. The van der Waals surface area contributed by atoms with Gasteiger partial charge in [0.05, 0.1) is 20.6 Å². The van der Waals surface area contributed by atoms with Gasteiger partial charge in [0.1, 0.15) is 6.04 Å². The fraction of sp³-hybridized carbons (Fsp3) is 0.467. The highest BCUT2D eigenvalue weighted by Crippen LogP contribution is 2.36. The van der Waals surface area contributed by atoms with Crippen molar-refractivity contribution in [2.75, 3.05) is 20.6 Å². The van der Waals surface area contributed by atoms with E-state index in [0.717, 1.165) is 15.2 Å². The van der Waals surface area contributed by atoms with Crippen molar-refractivity contribution in [3.05, 3.63) is 52.7 Å². The molecule has 0 heterocycles. The molecule has 0 aliphatic carbocycles. The average molecular weight is 470 g/mol. The van der Waals surface area contributed by atoms with Gasteiger partial charge in [0.15, 0.2) is 20.0 Å². The zero-order valence-corrected chi connectivity index (χ0v) is 17.2. The number of nitrogens with zero attached hydrogens (tertiary/aromatic N) is 2. The van der Waals surface area contributed by atoms with Crippen LogP contribution in [0.25, 0.3) is 4.13 Å². The number of quaternary nitrogens is 1. The van der Waals surface area contributed by atoms with Crippen LogP contribution in [0.1, 0.15) is 18.5 Å². The van der Waals surface area contributed by atoms with Crippen LogP contribution >= 0.6 is 0 Å². The number of alkyl halides is 6. The van der Waals surface area contributed by atoms with E-state index in [0.29, 0.717) is 6.04 Å². The highest BCUT2D eigenvalue weighted by atomic mass is 32.3. The van der Waals surface area contributed by atoms with Gasteiger partial charge in [-0.25, -0.2) is 16.8 Å². The van der Waals surface area contributed by atoms with Gasteiger partial charge in [0.2, 0.25) is 0 Å². The van der Waals surface area contributed by atoms with E-state index in [1.54, 1.807) is 0 Å². The summed E-state index contributed by atoms with van der Waals surface area (Å²) in [6.07, 6.45) is 2.04. The van der Waals surface area contributed by atoms with Gasteiger partial charge in [-0.3, -0.25) is 0 Å². The number of benzene rings is 1. The highest BCUT2D eigenvalue weighted by molar-refractivity contribution is 8.13. The van der Waals surface area contributed by atoms with Crippen LogP contribution in [0.15, 0.2) is 43.0 Å². The van der Waals surface area contributed by atoms with Crippen molar-refractivity contribution < 1.29 is 47.7 Å². The van der Waals surface area contributed by atoms with Gasteiger partial charge in [-0.1, -0.05) is 36.9 Å². The third-order valence-corrected chi connectivity index (χ3v) is 6.45. The molecule has 6 nitrogen and oxygen atoms in total. The minimum Gasteiger partial charge on any atom is -0.421 e. The zero-order valence-electron chi connectivity index (χ0n) is 15.6. The molecule has 14 heteroatoms. The molecule has 0 aliphatic rings. The molecule has 0 aliphatic heterocycles. The van der Waals surface area contributed by atoms with Crippen LogP contribution in [0, 0.1) is 0 Å². The minimum absolute atomic E-state index is 0.390. The van der Waals surface area contributed by atoms with Gasteiger partial charge in [0, 0.05) is 5.56 Å². The van der Waals surface area contributed by atoms with Crippen molar-refractivity contribution in [3.8, 4) is 0 Å². The quantitative estimate of drug-likeness (QED) is 0.357.